The first-order valence-electron chi connectivity index (χ1n) is 5.94. The van der Waals surface area contributed by atoms with Crippen molar-refractivity contribution >= 4 is 0 Å². The van der Waals surface area contributed by atoms with E-state index in [-0.39, 0.29) is 6.10 Å². The van der Waals surface area contributed by atoms with Crippen molar-refractivity contribution in [1.82, 2.24) is 0 Å². The van der Waals surface area contributed by atoms with Crippen LogP contribution in [0.25, 0.3) is 0 Å². The molecule has 1 N–H and O–H groups in total. The number of hydrogen-bond acceptors (Lipinski definition) is 1. The molecule has 0 radical (unpaired) electrons. The van der Waals surface area contributed by atoms with E-state index in [0.29, 0.717) is 5.92 Å². The molecule has 0 aliphatic carbocycles. The summed E-state index contributed by atoms with van der Waals surface area (Å²) >= 11 is 0. The minimum absolute atomic E-state index is 0.186. The monoisotopic (exact) mass is 206 g/mol. The molecule has 0 heterocycles. The van der Waals surface area contributed by atoms with E-state index in [1.54, 1.807) is 0 Å². The highest BCUT2D eigenvalue weighted by atomic mass is 16.3. The van der Waals surface area contributed by atoms with E-state index in [0.717, 1.165) is 12.8 Å². The Kier molecular flexibility index (Phi) is 5.41. The van der Waals surface area contributed by atoms with Crippen LogP contribution < -0.4 is 0 Å². The minimum Gasteiger partial charge on any atom is -0.393 e. The zero-order chi connectivity index (χ0) is 11.1. The summed E-state index contributed by atoms with van der Waals surface area (Å²) in [5, 5.41) is 9.90. The highest BCUT2D eigenvalue weighted by Gasteiger charge is 2.10. The van der Waals surface area contributed by atoms with E-state index in [4.69, 9.17) is 0 Å². The summed E-state index contributed by atoms with van der Waals surface area (Å²) in [4.78, 5) is 0. The average Bonchev–Trinajstić information content (AvgIpc) is 2.19. The van der Waals surface area contributed by atoms with Crippen LogP contribution in [0.4, 0.5) is 0 Å². The van der Waals surface area contributed by atoms with Gasteiger partial charge in [-0.05, 0) is 24.3 Å². The topological polar surface area (TPSA) is 20.2 Å². The highest BCUT2D eigenvalue weighted by molar-refractivity contribution is 5.15. The van der Waals surface area contributed by atoms with Crippen LogP contribution in [0, 0.1) is 5.92 Å². The largest absolute Gasteiger partial charge is 0.393 e. The summed E-state index contributed by atoms with van der Waals surface area (Å²) in [6, 6.07) is 10.2. The Balaban J connectivity index is 2.33. The fourth-order valence-electron chi connectivity index (χ4n) is 2.04. The number of rotatable bonds is 6. The van der Waals surface area contributed by atoms with Gasteiger partial charge in [-0.2, -0.15) is 0 Å². The molecule has 0 bridgehead atoms. The molecule has 0 aliphatic rings. The molecule has 84 valence electrons. The van der Waals surface area contributed by atoms with E-state index >= 15 is 0 Å². The molecule has 0 spiro atoms. The lowest BCUT2D eigenvalue weighted by atomic mass is 9.95. The lowest BCUT2D eigenvalue weighted by molar-refractivity contribution is 0.143. The Hall–Kier alpha value is -0.820. The lowest BCUT2D eigenvalue weighted by Gasteiger charge is -2.15. The molecule has 2 atom stereocenters. The quantitative estimate of drug-likeness (QED) is 0.756. The van der Waals surface area contributed by atoms with Gasteiger partial charge in [0.15, 0.2) is 0 Å². The first-order valence-corrected chi connectivity index (χ1v) is 5.94. The zero-order valence-corrected chi connectivity index (χ0v) is 9.82. The Morgan fingerprint density at radius 2 is 1.87 bits per heavy atom. The maximum absolute atomic E-state index is 9.90. The smallest absolute Gasteiger partial charge is 0.0583 e. The molecule has 1 nitrogen and oxygen atoms in total. The molecule has 1 rings (SSSR count). The second kappa shape index (κ2) is 6.62. The fraction of sp³-hybridized carbons (Fsp3) is 0.571. The third-order valence-electron chi connectivity index (χ3n) is 2.77. The van der Waals surface area contributed by atoms with Crippen LogP contribution in [0.15, 0.2) is 30.3 Å². The van der Waals surface area contributed by atoms with Gasteiger partial charge in [0.25, 0.3) is 0 Å². The maximum Gasteiger partial charge on any atom is 0.0583 e. The van der Waals surface area contributed by atoms with Gasteiger partial charge in [0, 0.05) is 0 Å². The Morgan fingerprint density at radius 1 is 1.20 bits per heavy atom. The Morgan fingerprint density at radius 3 is 2.47 bits per heavy atom. The Bertz CT molecular complexity index is 255. The SMILES string of the molecule is CCCC(C)CC(O)Cc1ccccc1. The van der Waals surface area contributed by atoms with Crippen molar-refractivity contribution in [3.8, 4) is 0 Å². The molecule has 0 fully saturated rings. The van der Waals surface area contributed by atoms with Crippen molar-refractivity contribution in [3.63, 3.8) is 0 Å². The zero-order valence-electron chi connectivity index (χ0n) is 9.82. The van der Waals surface area contributed by atoms with E-state index in [1.807, 2.05) is 18.2 Å². The van der Waals surface area contributed by atoms with Crippen LogP contribution in [-0.2, 0) is 6.42 Å². The lowest BCUT2D eigenvalue weighted by Crippen LogP contribution is -2.14. The van der Waals surface area contributed by atoms with Crippen molar-refractivity contribution in [2.24, 2.45) is 5.92 Å². The molecule has 1 heteroatoms. The van der Waals surface area contributed by atoms with Gasteiger partial charge in [0.2, 0.25) is 0 Å². The van der Waals surface area contributed by atoms with Gasteiger partial charge in [-0.25, -0.2) is 0 Å². The van der Waals surface area contributed by atoms with Crippen LogP contribution in [0.5, 0.6) is 0 Å². The van der Waals surface area contributed by atoms with Crippen LogP contribution in [0.2, 0.25) is 0 Å². The van der Waals surface area contributed by atoms with Crippen LogP contribution in [0.3, 0.4) is 0 Å². The van der Waals surface area contributed by atoms with Gasteiger partial charge >= 0.3 is 0 Å². The van der Waals surface area contributed by atoms with E-state index in [2.05, 4.69) is 26.0 Å². The standard InChI is InChI=1S/C14H22O/c1-3-7-12(2)10-14(15)11-13-8-5-4-6-9-13/h4-6,8-9,12,14-15H,3,7,10-11H2,1-2H3. The normalized spacial score (nSPS) is 14.9. The summed E-state index contributed by atoms with van der Waals surface area (Å²) < 4.78 is 0. The number of hydrogen-bond donors (Lipinski definition) is 1. The van der Waals surface area contributed by atoms with Gasteiger partial charge in [0.1, 0.15) is 0 Å². The van der Waals surface area contributed by atoms with Gasteiger partial charge in [-0.1, -0.05) is 57.0 Å². The summed E-state index contributed by atoms with van der Waals surface area (Å²) in [5.74, 6) is 0.633. The fourth-order valence-corrected chi connectivity index (χ4v) is 2.04. The second-order valence-electron chi connectivity index (χ2n) is 4.47. The van der Waals surface area contributed by atoms with Crippen molar-refractivity contribution in [2.45, 2.75) is 45.6 Å². The molecule has 2 unspecified atom stereocenters. The van der Waals surface area contributed by atoms with E-state index in [1.165, 1.54) is 18.4 Å². The number of aliphatic hydroxyl groups is 1. The highest BCUT2D eigenvalue weighted by Crippen LogP contribution is 2.15. The first-order chi connectivity index (χ1) is 7.22. The average molecular weight is 206 g/mol. The van der Waals surface area contributed by atoms with Crippen molar-refractivity contribution in [1.29, 1.82) is 0 Å². The predicted molar refractivity (Wildman–Crippen MR) is 64.8 cm³/mol. The summed E-state index contributed by atoms with van der Waals surface area (Å²) in [6.45, 7) is 4.41. The van der Waals surface area contributed by atoms with Crippen LogP contribution >= 0.6 is 0 Å². The number of aliphatic hydroxyl groups excluding tert-OH is 1. The van der Waals surface area contributed by atoms with Crippen LogP contribution in [-0.4, -0.2) is 11.2 Å². The van der Waals surface area contributed by atoms with E-state index in [9.17, 15) is 5.11 Å². The van der Waals surface area contributed by atoms with Gasteiger partial charge in [-0.3, -0.25) is 0 Å². The molecule has 0 saturated heterocycles. The molecule has 0 aliphatic heterocycles. The van der Waals surface area contributed by atoms with Crippen molar-refractivity contribution in [2.75, 3.05) is 0 Å². The van der Waals surface area contributed by atoms with Gasteiger partial charge in [-0.15, -0.1) is 0 Å². The number of benzene rings is 1. The molecule has 15 heavy (non-hydrogen) atoms. The third-order valence-corrected chi connectivity index (χ3v) is 2.77. The second-order valence-corrected chi connectivity index (χ2v) is 4.47. The van der Waals surface area contributed by atoms with Crippen molar-refractivity contribution in [3.05, 3.63) is 35.9 Å². The molecule has 0 aromatic heterocycles. The predicted octanol–water partition coefficient (Wildman–Crippen LogP) is 3.42. The van der Waals surface area contributed by atoms with E-state index < -0.39 is 0 Å². The Labute approximate surface area is 93.1 Å². The molecular weight excluding hydrogens is 184 g/mol. The summed E-state index contributed by atoms with van der Waals surface area (Å²) in [7, 11) is 0. The molecule has 0 saturated carbocycles. The van der Waals surface area contributed by atoms with Gasteiger partial charge < -0.3 is 5.11 Å². The molecule has 0 amide bonds. The van der Waals surface area contributed by atoms with Gasteiger partial charge in [0.05, 0.1) is 6.10 Å². The summed E-state index contributed by atoms with van der Waals surface area (Å²) in [5.41, 5.74) is 1.23. The molecule has 1 aromatic carbocycles. The van der Waals surface area contributed by atoms with Crippen molar-refractivity contribution < 1.29 is 5.11 Å². The third kappa shape index (κ3) is 4.98. The van der Waals surface area contributed by atoms with Crippen LogP contribution in [0.1, 0.15) is 38.7 Å². The maximum atomic E-state index is 9.90. The molecule has 1 aromatic rings. The summed E-state index contributed by atoms with van der Waals surface area (Å²) in [6.07, 6.45) is 3.94. The molecular formula is C14H22O. The minimum atomic E-state index is -0.186. The first kappa shape index (κ1) is 12.3.